The molecule has 1 fully saturated rings. The molecule has 1 saturated heterocycles. The first-order chi connectivity index (χ1) is 15.9. The number of aromatic nitrogens is 4. The highest BCUT2D eigenvalue weighted by Crippen LogP contribution is 2.25. The van der Waals surface area contributed by atoms with Gasteiger partial charge in [-0.2, -0.15) is 4.98 Å². The Morgan fingerprint density at radius 1 is 1.06 bits per heavy atom. The van der Waals surface area contributed by atoms with Crippen LogP contribution in [0.5, 0.6) is 0 Å². The lowest BCUT2D eigenvalue weighted by Crippen LogP contribution is -2.45. The quantitative estimate of drug-likeness (QED) is 0.422. The molecule has 3 N–H and O–H groups in total. The van der Waals surface area contributed by atoms with E-state index >= 15 is 0 Å². The third-order valence-electron chi connectivity index (χ3n) is 5.54. The average molecular weight is 450 g/mol. The van der Waals surface area contributed by atoms with Gasteiger partial charge in [0.05, 0.1) is 23.6 Å². The van der Waals surface area contributed by atoms with Gasteiger partial charge in [-0.05, 0) is 43.8 Å². The summed E-state index contributed by atoms with van der Waals surface area (Å²) >= 11 is 0. The molecule has 0 bridgehead atoms. The molecule has 3 aromatic heterocycles. The zero-order chi connectivity index (χ0) is 22.9. The first-order valence-electron chi connectivity index (χ1n) is 10.5. The number of fused-ring (bicyclic) bond motifs is 1. The molecule has 5 rings (SSSR count). The number of rotatable bonds is 5. The number of hydrogen-bond acceptors (Lipinski definition) is 9. The van der Waals surface area contributed by atoms with Crippen LogP contribution in [0.4, 0.5) is 33.3 Å². The Hall–Kier alpha value is -3.99. The molecule has 10 nitrogen and oxygen atoms in total. The smallest absolute Gasteiger partial charge is 0.408 e. The highest BCUT2D eigenvalue weighted by molar-refractivity contribution is 5.78. The minimum absolute atomic E-state index is 0.00331. The van der Waals surface area contributed by atoms with Crippen molar-refractivity contribution in [1.82, 2.24) is 24.8 Å². The SMILES string of the molecule is Cc1cc(Nc2ncc(F)c(Nc3ccc4oc(=O)[nH]c4c3)n2)cnc1N1CCN(C)CC1. The van der Waals surface area contributed by atoms with E-state index in [2.05, 4.69) is 47.4 Å². The predicted molar refractivity (Wildman–Crippen MR) is 124 cm³/mol. The molecule has 0 saturated carbocycles. The van der Waals surface area contributed by atoms with Crippen LogP contribution in [-0.4, -0.2) is 58.1 Å². The number of benzene rings is 1. The number of oxazole rings is 1. The highest BCUT2D eigenvalue weighted by Gasteiger charge is 2.17. The lowest BCUT2D eigenvalue weighted by Gasteiger charge is -2.34. The number of likely N-dealkylation sites (N-methyl/N-ethyl adjacent to an activating group) is 1. The average Bonchev–Trinajstić information content (AvgIpc) is 3.16. The zero-order valence-corrected chi connectivity index (χ0v) is 18.2. The van der Waals surface area contributed by atoms with Gasteiger partial charge in [0, 0.05) is 31.9 Å². The van der Waals surface area contributed by atoms with E-state index in [0.717, 1.165) is 43.8 Å². The minimum atomic E-state index is -0.610. The molecule has 4 heterocycles. The monoisotopic (exact) mass is 450 g/mol. The van der Waals surface area contributed by atoms with Crippen LogP contribution in [-0.2, 0) is 0 Å². The van der Waals surface area contributed by atoms with Gasteiger partial charge < -0.3 is 24.9 Å². The lowest BCUT2D eigenvalue weighted by molar-refractivity contribution is 0.312. The highest BCUT2D eigenvalue weighted by atomic mass is 19.1. The van der Waals surface area contributed by atoms with E-state index in [1.54, 1.807) is 24.4 Å². The Morgan fingerprint density at radius 3 is 2.67 bits per heavy atom. The fraction of sp³-hybridized carbons (Fsp3) is 0.273. The molecule has 0 spiro atoms. The molecule has 0 aliphatic carbocycles. The van der Waals surface area contributed by atoms with Crippen LogP contribution in [0.25, 0.3) is 11.1 Å². The second kappa shape index (κ2) is 8.51. The Kier molecular flexibility index (Phi) is 5.38. The summed E-state index contributed by atoms with van der Waals surface area (Å²) in [6.07, 6.45) is 2.82. The summed E-state index contributed by atoms with van der Waals surface area (Å²) in [5, 5.41) is 6.00. The van der Waals surface area contributed by atoms with Gasteiger partial charge in [-0.15, -0.1) is 0 Å². The maximum atomic E-state index is 14.3. The maximum absolute atomic E-state index is 14.3. The molecule has 0 unspecified atom stereocenters. The second-order valence-corrected chi connectivity index (χ2v) is 8.02. The van der Waals surface area contributed by atoms with Gasteiger partial charge in [0.2, 0.25) is 5.95 Å². The largest absolute Gasteiger partial charge is 0.417 e. The van der Waals surface area contributed by atoms with E-state index < -0.39 is 11.6 Å². The number of anilines is 5. The summed E-state index contributed by atoms with van der Waals surface area (Å²) in [6, 6.07) is 6.89. The van der Waals surface area contributed by atoms with Crippen molar-refractivity contribution in [2.45, 2.75) is 6.92 Å². The number of nitrogens with zero attached hydrogens (tertiary/aromatic N) is 5. The molecule has 4 aromatic rings. The van der Waals surface area contributed by atoms with E-state index in [0.29, 0.717) is 22.5 Å². The van der Waals surface area contributed by atoms with Crippen LogP contribution in [0.2, 0.25) is 0 Å². The summed E-state index contributed by atoms with van der Waals surface area (Å²) in [4.78, 5) is 31.4. The number of H-pyrrole nitrogens is 1. The van der Waals surface area contributed by atoms with Crippen LogP contribution in [0.1, 0.15) is 5.56 Å². The van der Waals surface area contributed by atoms with E-state index in [-0.39, 0.29) is 11.8 Å². The second-order valence-electron chi connectivity index (χ2n) is 8.02. The van der Waals surface area contributed by atoms with Crippen molar-refractivity contribution in [1.29, 1.82) is 0 Å². The Balaban J connectivity index is 1.33. The van der Waals surface area contributed by atoms with E-state index in [9.17, 15) is 9.18 Å². The van der Waals surface area contributed by atoms with Crippen molar-refractivity contribution in [2.75, 3.05) is 48.8 Å². The van der Waals surface area contributed by atoms with E-state index in [1.165, 1.54) is 0 Å². The fourth-order valence-corrected chi connectivity index (χ4v) is 3.80. The van der Waals surface area contributed by atoms with Gasteiger partial charge in [-0.3, -0.25) is 4.98 Å². The van der Waals surface area contributed by atoms with Crippen molar-refractivity contribution >= 4 is 40.1 Å². The van der Waals surface area contributed by atoms with Crippen molar-refractivity contribution in [2.24, 2.45) is 0 Å². The maximum Gasteiger partial charge on any atom is 0.417 e. The number of piperazine rings is 1. The number of pyridine rings is 1. The number of aryl methyl sites for hydroxylation is 1. The Labute approximate surface area is 188 Å². The van der Waals surface area contributed by atoms with Crippen LogP contribution >= 0.6 is 0 Å². The summed E-state index contributed by atoms with van der Waals surface area (Å²) in [7, 11) is 2.12. The molecule has 0 radical (unpaired) electrons. The van der Waals surface area contributed by atoms with E-state index in [1.807, 2.05) is 13.0 Å². The third-order valence-corrected chi connectivity index (χ3v) is 5.54. The molecule has 33 heavy (non-hydrogen) atoms. The number of nitrogens with one attached hydrogen (secondary N) is 3. The topological polar surface area (TPSA) is 115 Å². The molecule has 0 atom stereocenters. The Bertz CT molecular complexity index is 1360. The van der Waals surface area contributed by atoms with Crippen LogP contribution < -0.4 is 21.3 Å². The fourth-order valence-electron chi connectivity index (χ4n) is 3.80. The van der Waals surface area contributed by atoms with Gasteiger partial charge in [0.15, 0.2) is 17.2 Å². The van der Waals surface area contributed by atoms with Crippen molar-refractivity contribution < 1.29 is 8.81 Å². The first-order valence-corrected chi connectivity index (χ1v) is 10.5. The number of hydrogen-bond donors (Lipinski definition) is 3. The zero-order valence-electron chi connectivity index (χ0n) is 18.2. The van der Waals surface area contributed by atoms with Gasteiger partial charge in [-0.25, -0.2) is 19.2 Å². The minimum Gasteiger partial charge on any atom is -0.408 e. The van der Waals surface area contributed by atoms with Crippen molar-refractivity contribution in [3.8, 4) is 0 Å². The van der Waals surface area contributed by atoms with Gasteiger partial charge in [0.1, 0.15) is 5.82 Å². The van der Waals surface area contributed by atoms with Gasteiger partial charge >= 0.3 is 5.76 Å². The summed E-state index contributed by atoms with van der Waals surface area (Å²) in [5.74, 6) is 0.0239. The summed E-state index contributed by atoms with van der Waals surface area (Å²) < 4.78 is 19.3. The third kappa shape index (κ3) is 4.48. The molecular weight excluding hydrogens is 427 g/mol. The summed E-state index contributed by atoms with van der Waals surface area (Å²) in [6.45, 7) is 5.89. The first kappa shape index (κ1) is 20.9. The Morgan fingerprint density at radius 2 is 1.88 bits per heavy atom. The van der Waals surface area contributed by atoms with Gasteiger partial charge in [-0.1, -0.05) is 0 Å². The normalized spacial score (nSPS) is 14.6. The molecular formula is C22H23FN8O2. The predicted octanol–water partition coefficient (Wildman–Crippen LogP) is 2.99. The molecule has 170 valence electrons. The van der Waals surface area contributed by atoms with Crippen molar-refractivity contribution in [3.63, 3.8) is 0 Å². The van der Waals surface area contributed by atoms with Crippen LogP contribution in [0.3, 0.4) is 0 Å². The molecule has 1 aliphatic heterocycles. The number of aromatic amines is 1. The van der Waals surface area contributed by atoms with Crippen molar-refractivity contribution in [3.05, 3.63) is 58.6 Å². The molecule has 0 amide bonds. The molecule has 1 aliphatic rings. The standard InChI is InChI=1S/C22H23FN8O2/c1-13-9-15(11-24-20(13)31-7-5-30(2)6-8-31)27-21-25-12-16(23)19(29-21)26-14-3-4-18-17(10-14)28-22(32)33-18/h3-4,9-12H,5-8H2,1-2H3,(H,28,32)(H2,25,26,27,29). The summed E-state index contributed by atoms with van der Waals surface area (Å²) in [5.41, 5.74) is 3.20. The van der Waals surface area contributed by atoms with Crippen LogP contribution in [0.15, 0.2) is 45.9 Å². The van der Waals surface area contributed by atoms with Gasteiger partial charge in [0.25, 0.3) is 0 Å². The number of halogens is 1. The van der Waals surface area contributed by atoms with E-state index in [4.69, 9.17) is 4.42 Å². The van der Waals surface area contributed by atoms with Crippen LogP contribution in [0, 0.1) is 12.7 Å². The lowest BCUT2D eigenvalue weighted by atomic mass is 10.2. The molecule has 1 aromatic carbocycles. The molecule has 11 heteroatoms.